The molecule has 0 spiro atoms. The molecule has 6 heteroatoms. The lowest BCUT2D eigenvalue weighted by Crippen LogP contribution is -2.25. The SMILES string of the molecule is COCCOc1ccc(Cl)cc1C(=O)NCCCCN. The fraction of sp³-hybridized carbons (Fsp3) is 0.500. The summed E-state index contributed by atoms with van der Waals surface area (Å²) >= 11 is 5.93. The highest BCUT2D eigenvalue weighted by Crippen LogP contribution is 2.22. The lowest BCUT2D eigenvalue weighted by Gasteiger charge is -2.12. The predicted octanol–water partition coefficient (Wildman–Crippen LogP) is 1.83. The zero-order valence-electron chi connectivity index (χ0n) is 11.7. The van der Waals surface area contributed by atoms with Gasteiger partial charge in [0.2, 0.25) is 0 Å². The van der Waals surface area contributed by atoms with Gasteiger partial charge in [0.15, 0.2) is 0 Å². The molecule has 0 fully saturated rings. The number of rotatable bonds is 9. The van der Waals surface area contributed by atoms with Crippen molar-refractivity contribution in [2.75, 3.05) is 33.4 Å². The van der Waals surface area contributed by atoms with Gasteiger partial charge < -0.3 is 20.5 Å². The second-order valence-electron chi connectivity index (χ2n) is 4.23. The Labute approximate surface area is 124 Å². The van der Waals surface area contributed by atoms with E-state index in [0.29, 0.717) is 42.6 Å². The lowest BCUT2D eigenvalue weighted by atomic mass is 10.2. The van der Waals surface area contributed by atoms with Crippen LogP contribution in [0.25, 0.3) is 0 Å². The number of carbonyl (C=O) groups is 1. The largest absolute Gasteiger partial charge is 0.490 e. The Balaban J connectivity index is 2.64. The molecule has 0 aliphatic heterocycles. The quantitative estimate of drug-likeness (QED) is 0.682. The molecule has 0 heterocycles. The molecule has 0 radical (unpaired) electrons. The zero-order valence-corrected chi connectivity index (χ0v) is 12.4. The van der Waals surface area contributed by atoms with Crippen LogP contribution in [0.1, 0.15) is 23.2 Å². The van der Waals surface area contributed by atoms with E-state index in [1.807, 2.05) is 0 Å². The molecule has 0 aliphatic rings. The average Bonchev–Trinajstić information content (AvgIpc) is 2.45. The Morgan fingerprint density at radius 1 is 1.35 bits per heavy atom. The Kier molecular flexibility index (Phi) is 8.02. The summed E-state index contributed by atoms with van der Waals surface area (Å²) in [4.78, 5) is 12.1. The molecule has 0 unspecified atom stereocenters. The Morgan fingerprint density at radius 2 is 2.15 bits per heavy atom. The van der Waals surface area contributed by atoms with Gasteiger partial charge in [-0.1, -0.05) is 11.6 Å². The molecular weight excluding hydrogens is 280 g/mol. The summed E-state index contributed by atoms with van der Waals surface area (Å²) in [5.74, 6) is 0.305. The number of amides is 1. The molecule has 112 valence electrons. The molecule has 1 aromatic rings. The van der Waals surface area contributed by atoms with Crippen LogP contribution in [-0.2, 0) is 4.74 Å². The number of ether oxygens (including phenoxy) is 2. The maximum Gasteiger partial charge on any atom is 0.255 e. The van der Waals surface area contributed by atoms with Crippen LogP contribution in [0.4, 0.5) is 0 Å². The third kappa shape index (κ3) is 5.77. The van der Waals surface area contributed by atoms with Gasteiger partial charge in [0.05, 0.1) is 12.2 Å². The summed E-state index contributed by atoms with van der Waals surface area (Å²) in [6.45, 7) is 2.05. The second kappa shape index (κ2) is 9.58. The first-order chi connectivity index (χ1) is 9.69. The normalized spacial score (nSPS) is 10.3. The van der Waals surface area contributed by atoms with Gasteiger partial charge in [0, 0.05) is 18.7 Å². The molecule has 1 amide bonds. The standard InChI is InChI=1S/C14H21ClN2O3/c1-19-8-9-20-13-5-4-11(15)10-12(13)14(18)17-7-3-2-6-16/h4-5,10H,2-3,6-9,16H2,1H3,(H,17,18). The van der Waals surface area contributed by atoms with Gasteiger partial charge in [-0.2, -0.15) is 0 Å². The molecule has 1 rings (SSSR count). The lowest BCUT2D eigenvalue weighted by molar-refractivity contribution is 0.0945. The molecule has 0 aromatic heterocycles. The van der Waals surface area contributed by atoms with E-state index >= 15 is 0 Å². The number of benzene rings is 1. The molecule has 1 aromatic carbocycles. The van der Waals surface area contributed by atoms with Crippen molar-refractivity contribution in [3.8, 4) is 5.75 Å². The van der Waals surface area contributed by atoms with Gasteiger partial charge in [0.25, 0.3) is 5.91 Å². The average molecular weight is 301 g/mol. The van der Waals surface area contributed by atoms with Crippen molar-refractivity contribution in [1.82, 2.24) is 5.32 Å². The summed E-state index contributed by atoms with van der Waals surface area (Å²) in [5.41, 5.74) is 5.84. The number of nitrogens with one attached hydrogen (secondary N) is 1. The van der Waals surface area contributed by atoms with E-state index < -0.39 is 0 Å². The second-order valence-corrected chi connectivity index (χ2v) is 4.67. The Bertz CT molecular complexity index is 427. The number of methoxy groups -OCH3 is 1. The summed E-state index contributed by atoms with van der Waals surface area (Å²) < 4.78 is 10.4. The van der Waals surface area contributed by atoms with E-state index in [-0.39, 0.29) is 5.91 Å². The summed E-state index contributed by atoms with van der Waals surface area (Å²) in [7, 11) is 1.59. The van der Waals surface area contributed by atoms with E-state index in [1.54, 1.807) is 25.3 Å². The molecule has 0 bridgehead atoms. The minimum Gasteiger partial charge on any atom is -0.490 e. The highest BCUT2D eigenvalue weighted by atomic mass is 35.5. The number of hydrogen-bond donors (Lipinski definition) is 2. The van der Waals surface area contributed by atoms with Crippen LogP contribution in [0.15, 0.2) is 18.2 Å². The van der Waals surface area contributed by atoms with Gasteiger partial charge in [-0.15, -0.1) is 0 Å². The van der Waals surface area contributed by atoms with Crippen LogP contribution in [0, 0.1) is 0 Å². The van der Waals surface area contributed by atoms with E-state index in [0.717, 1.165) is 12.8 Å². The first kappa shape index (κ1) is 16.8. The van der Waals surface area contributed by atoms with Gasteiger partial charge in [-0.25, -0.2) is 0 Å². The van der Waals surface area contributed by atoms with E-state index in [9.17, 15) is 4.79 Å². The molecule has 0 saturated heterocycles. The molecule has 5 nitrogen and oxygen atoms in total. The molecule has 0 saturated carbocycles. The highest BCUT2D eigenvalue weighted by molar-refractivity contribution is 6.31. The van der Waals surface area contributed by atoms with Crippen LogP contribution in [0.5, 0.6) is 5.75 Å². The Hall–Kier alpha value is -1.30. The number of unbranched alkanes of at least 4 members (excludes halogenated alkanes) is 1. The van der Waals surface area contributed by atoms with Crippen LogP contribution in [0.2, 0.25) is 5.02 Å². The summed E-state index contributed by atoms with van der Waals surface area (Å²) in [5, 5.41) is 3.32. The van der Waals surface area contributed by atoms with Crippen molar-refractivity contribution in [3.63, 3.8) is 0 Å². The van der Waals surface area contributed by atoms with Gasteiger partial charge in [-0.3, -0.25) is 4.79 Å². The van der Waals surface area contributed by atoms with Gasteiger partial charge >= 0.3 is 0 Å². The Morgan fingerprint density at radius 3 is 2.85 bits per heavy atom. The molecule has 0 aliphatic carbocycles. The number of hydrogen-bond acceptors (Lipinski definition) is 4. The summed E-state index contributed by atoms with van der Waals surface area (Å²) in [6, 6.07) is 4.98. The van der Waals surface area contributed by atoms with Crippen LogP contribution in [-0.4, -0.2) is 39.3 Å². The van der Waals surface area contributed by atoms with E-state index in [4.69, 9.17) is 26.8 Å². The first-order valence-electron chi connectivity index (χ1n) is 6.58. The number of carbonyl (C=O) groups excluding carboxylic acids is 1. The summed E-state index contributed by atoms with van der Waals surface area (Å²) in [6.07, 6.45) is 1.73. The zero-order chi connectivity index (χ0) is 14.8. The van der Waals surface area contributed by atoms with Crippen molar-refractivity contribution in [2.24, 2.45) is 5.73 Å². The molecular formula is C14H21ClN2O3. The predicted molar refractivity (Wildman–Crippen MR) is 79.4 cm³/mol. The van der Waals surface area contributed by atoms with Gasteiger partial charge in [-0.05, 0) is 37.6 Å². The maximum atomic E-state index is 12.1. The van der Waals surface area contributed by atoms with Crippen molar-refractivity contribution in [1.29, 1.82) is 0 Å². The van der Waals surface area contributed by atoms with Crippen LogP contribution in [0.3, 0.4) is 0 Å². The number of halogens is 1. The van der Waals surface area contributed by atoms with Crippen molar-refractivity contribution in [2.45, 2.75) is 12.8 Å². The van der Waals surface area contributed by atoms with Crippen molar-refractivity contribution in [3.05, 3.63) is 28.8 Å². The minimum atomic E-state index is -0.197. The molecule has 0 atom stereocenters. The minimum absolute atomic E-state index is 0.197. The monoisotopic (exact) mass is 300 g/mol. The van der Waals surface area contributed by atoms with Crippen molar-refractivity contribution < 1.29 is 14.3 Å². The van der Waals surface area contributed by atoms with Crippen molar-refractivity contribution >= 4 is 17.5 Å². The fourth-order valence-electron chi connectivity index (χ4n) is 1.61. The van der Waals surface area contributed by atoms with Crippen LogP contribution >= 0.6 is 11.6 Å². The first-order valence-corrected chi connectivity index (χ1v) is 6.96. The van der Waals surface area contributed by atoms with Gasteiger partial charge in [0.1, 0.15) is 12.4 Å². The number of nitrogens with two attached hydrogens (primary N) is 1. The van der Waals surface area contributed by atoms with E-state index in [1.165, 1.54) is 0 Å². The third-order valence-electron chi connectivity index (χ3n) is 2.65. The fourth-order valence-corrected chi connectivity index (χ4v) is 1.78. The molecule has 3 N–H and O–H groups in total. The smallest absolute Gasteiger partial charge is 0.255 e. The maximum absolute atomic E-state index is 12.1. The van der Waals surface area contributed by atoms with E-state index in [2.05, 4.69) is 5.32 Å². The van der Waals surface area contributed by atoms with Crippen LogP contribution < -0.4 is 15.8 Å². The topological polar surface area (TPSA) is 73.6 Å². The molecule has 20 heavy (non-hydrogen) atoms. The third-order valence-corrected chi connectivity index (χ3v) is 2.88. The highest BCUT2D eigenvalue weighted by Gasteiger charge is 2.13.